The summed E-state index contributed by atoms with van der Waals surface area (Å²) in [6.45, 7) is 7.25. The van der Waals surface area contributed by atoms with Gasteiger partial charge in [-0.05, 0) is 84.5 Å². The van der Waals surface area contributed by atoms with Crippen LogP contribution in [0.1, 0.15) is 59.3 Å². The van der Waals surface area contributed by atoms with E-state index in [0.29, 0.717) is 23.5 Å². The molecule has 9 atom stereocenters. The zero-order chi connectivity index (χ0) is 16.9. The lowest BCUT2D eigenvalue weighted by molar-refractivity contribution is -0.118. The summed E-state index contributed by atoms with van der Waals surface area (Å²) < 4.78 is 0. The van der Waals surface area contributed by atoms with Gasteiger partial charge in [-0.3, -0.25) is 4.79 Å². The van der Waals surface area contributed by atoms with Crippen LogP contribution in [0.25, 0.3) is 0 Å². The minimum Gasteiger partial charge on any atom is -0.295 e. The van der Waals surface area contributed by atoms with Crippen LogP contribution >= 0.6 is 0 Å². The molecule has 0 aromatic heterocycles. The number of ketones is 1. The molecule has 1 unspecified atom stereocenters. The molecule has 5 rings (SSSR count). The Morgan fingerprint density at radius 1 is 1.17 bits per heavy atom. The quantitative estimate of drug-likeness (QED) is 0.645. The van der Waals surface area contributed by atoms with E-state index in [1.807, 2.05) is 6.08 Å². The number of hydrogen-bond acceptors (Lipinski definition) is 2. The lowest BCUT2D eigenvalue weighted by atomic mass is 9.44. The molecule has 24 heavy (non-hydrogen) atoms. The maximum atomic E-state index is 12.0. The first-order valence-corrected chi connectivity index (χ1v) is 10.0. The Morgan fingerprint density at radius 3 is 2.71 bits per heavy atom. The van der Waals surface area contributed by atoms with E-state index in [1.165, 1.54) is 31.3 Å². The first-order valence-electron chi connectivity index (χ1n) is 10.0. The fourth-order valence-corrected chi connectivity index (χ4v) is 8.20. The molecular formula is C22H29NO. The molecule has 5 aliphatic carbocycles. The van der Waals surface area contributed by atoms with E-state index in [0.717, 1.165) is 36.5 Å². The van der Waals surface area contributed by atoms with Gasteiger partial charge in [0, 0.05) is 6.42 Å². The molecule has 0 spiro atoms. The highest BCUT2D eigenvalue weighted by molar-refractivity contribution is 5.91. The van der Waals surface area contributed by atoms with E-state index < -0.39 is 0 Å². The molecule has 0 aromatic rings. The van der Waals surface area contributed by atoms with Crippen LogP contribution in [-0.2, 0) is 4.79 Å². The van der Waals surface area contributed by atoms with E-state index in [-0.39, 0.29) is 10.8 Å². The van der Waals surface area contributed by atoms with Crippen LogP contribution in [0.5, 0.6) is 0 Å². The molecule has 0 radical (unpaired) electrons. The van der Waals surface area contributed by atoms with Crippen molar-refractivity contribution in [3.05, 3.63) is 11.6 Å². The van der Waals surface area contributed by atoms with Gasteiger partial charge in [0.05, 0.1) is 12.0 Å². The molecule has 0 amide bonds. The average molecular weight is 323 g/mol. The van der Waals surface area contributed by atoms with Gasteiger partial charge >= 0.3 is 0 Å². The predicted molar refractivity (Wildman–Crippen MR) is 92.7 cm³/mol. The molecule has 2 nitrogen and oxygen atoms in total. The van der Waals surface area contributed by atoms with Crippen molar-refractivity contribution in [2.45, 2.75) is 59.3 Å². The highest BCUT2D eigenvalue weighted by Gasteiger charge is 2.70. The van der Waals surface area contributed by atoms with Gasteiger partial charge in [-0.25, -0.2) is 0 Å². The molecule has 2 heteroatoms. The van der Waals surface area contributed by atoms with Gasteiger partial charge in [0.15, 0.2) is 5.78 Å². The number of rotatable bonds is 0. The van der Waals surface area contributed by atoms with E-state index >= 15 is 0 Å². The lowest BCUT2D eigenvalue weighted by Crippen LogP contribution is -2.53. The van der Waals surface area contributed by atoms with Gasteiger partial charge in [-0.2, -0.15) is 5.26 Å². The van der Waals surface area contributed by atoms with Crippen LogP contribution < -0.4 is 0 Å². The summed E-state index contributed by atoms with van der Waals surface area (Å²) in [4.78, 5) is 12.0. The van der Waals surface area contributed by atoms with Gasteiger partial charge < -0.3 is 0 Å². The van der Waals surface area contributed by atoms with E-state index in [2.05, 4.69) is 26.8 Å². The zero-order valence-corrected chi connectivity index (χ0v) is 15.2. The van der Waals surface area contributed by atoms with Crippen LogP contribution in [-0.4, -0.2) is 5.78 Å². The van der Waals surface area contributed by atoms with Gasteiger partial charge in [0.25, 0.3) is 0 Å². The van der Waals surface area contributed by atoms with E-state index in [1.54, 1.807) is 0 Å². The third-order valence-corrected chi connectivity index (χ3v) is 9.21. The van der Waals surface area contributed by atoms with Crippen molar-refractivity contribution in [1.29, 1.82) is 5.26 Å². The Balaban J connectivity index is 1.56. The minimum absolute atomic E-state index is 0.243. The van der Waals surface area contributed by atoms with Gasteiger partial charge in [-0.1, -0.05) is 26.3 Å². The van der Waals surface area contributed by atoms with Gasteiger partial charge in [0.1, 0.15) is 0 Å². The topological polar surface area (TPSA) is 40.9 Å². The summed E-state index contributed by atoms with van der Waals surface area (Å²) in [5.41, 5.74) is 1.98. The second-order valence-electron chi connectivity index (χ2n) is 10.1. The van der Waals surface area contributed by atoms with Crippen molar-refractivity contribution in [2.24, 2.45) is 52.3 Å². The molecular weight excluding hydrogens is 294 g/mol. The number of allylic oxidation sites excluding steroid dienone is 1. The standard InChI is InChI=1S/C22H29NO/c1-12-8-16-17(21(2)6-4-13(24)9-18(12)21)5-7-22(3)19(11-23)14-10-15(14)20(16)22/h9,12,14-17,19-20H,4-8,10H2,1-3H3/t12?,14-,15+,16+,17-,19-,20-,21+,22+/m0/s1. The second-order valence-corrected chi connectivity index (χ2v) is 10.1. The van der Waals surface area contributed by atoms with Crippen molar-refractivity contribution in [3.63, 3.8) is 0 Å². The molecule has 0 bridgehead atoms. The van der Waals surface area contributed by atoms with Gasteiger partial charge in [0.2, 0.25) is 0 Å². The summed E-state index contributed by atoms with van der Waals surface area (Å²) in [7, 11) is 0. The normalized spacial score (nSPS) is 57.8. The number of fused-ring (bicyclic) bond motifs is 7. The molecule has 4 saturated carbocycles. The van der Waals surface area contributed by atoms with Crippen LogP contribution in [0.2, 0.25) is 0 Å². The van der Waals surface area contributed by atoms with E-state index in [9.17, 15) is 10.1 Å². The number of nitrogens with zero attached hydrogens (tertiary/aromatic N) is 1. The second kappa shape index (κ2) is 4.54. The maximum absolute atomic E-state index is 12.0. The Morgan fingerprint density at radius 2 is 1.96 bits per heavy atom. The third-order valence-electron chi connectivity index (χ3n) is 9.21. The average Bonchev–Trinajstić information content (AvgIpc) is 3.24. The molecule has 0 aromatic carbocycles. The summed E-state index contributed by atoms with van der Waals surface area (Å²) in [5.74, 6) is 5.02. The van der Waals surface area contributed by atoms with Crippen molar-refractivity contribution >= 4 is 5.78 Å². The maximum Gasteiger partial charge on any atom is 0.155 e. The molecule has 0 N–H and O–H groups in total. The summed E-state index contributed by atoms with van der Waals surface area (Å²) in [6.07, 6.45) is 8.88. The first-order chi connectivity index (χ1) is 11.4. The number of nitriles is 1. The summed E-state index contributed by atoms with van der Waals surface area (Å²) >= 11 is 0. The van der Waals surface area contributed by atoms with Crippen molar-refractivity contribution in [1.82, 2.24) is 0 Å². The summed E-state index contributed by atoms with van der Waals surface area (Å²) in [5, 5.41) is 9.79. The molecule has 5 aliphatic rings. The Bertz CT molecular complexity index is 687. The zero-order valence-electron chi connectivity index (χ0n) is 15.2. The molecule has 0 aliphatic heterocycles. The predicted octanol–water partition coefficient (Wildman–Crippen LogP) is 4.76. The lowest BCUT2D eigenvalue weighted by Gasteiger charge is -2.60. The Kier molecular flexibility index (Phi) is 2.87. The van der Waals surface area contributed by atoms with Crippen LogP contribution in [0.4, 0.5) is 0 Å². The van der Waals surface area contributed by atoms with Crippen LogP contribution in [0.15, 0.2) is 11.6 Å². The van der Waals surface area contributed by atoms with Crippen molar-refractivity contribution in [3.8, 4) is 6.07 Å². The third kappa shape index (κ3) is 1.65. The SMILES string of the molecule is CC1C[C@H]2[C@@H]3[C@@H]4C[C@@H]4[C@H](C#N)[C@@]3(C)CC[C@@H]2[C@@]2(C)CCC(=O)C=C12. The summed E-state index contributed by atoms with van der Waals surface area (Å²) in [6, 6.07) is 2.72. The number of hydrogen-bond donors (Lipinski definition) is 0. The van der Waals surface area contributed by atoms with E-state index in [4.69, 9.17) is 0 Å². The van der Waals surface area contributed by atoms with Crippen LogP contribution in [0.3, 0.4) is 0 Å². The highest BCUT2D eigenvalue weighted by atomic mass is 16.1. The van der Waals surface area contributed by atoms with Crippen molar-refractivity contribution < 1.29 is 4.79 Å². The van der Waals surface area contributed by atoms with Crippen molar-refractivity contribution in [2.75, 3.05) is 0 Å². The molecule has 0 saturated heterocycles. The first kappa shape index (κ1) is 15.2. The molecule has 4 fully saturated rings. The molecule has 0 heterocycles. The van der Waals surface area contributed by atoms with Crippen LogP contribution in [0, 0.1) is 63.6 Å². The minimum atomic E-state index is 0.243. The monoisotopic (exact) mass is 323 g/mol. The highest BCUT2D eigenvalue weighted by Crippen LogP contribution is 2.75. The smallest absolute Gasteiger partial charge is 0.155 e. The molecule has 128 valence electrons. The number of carbonyl (C=O) groups is 1. The fraction of sp³-hybridized carbons (Fsp3) is 0.818. The fourth-order valence-electron chi connectivity index (χ4n) is 8.20. The largest absolute Gasteiger partial charge is 0.295 e. The Hall–Kier alpha value is -1.10. The van der Waals surface area contributed by atoms with Gasteiger partial charge in [-0.15, -0.1) is 0 Å². The Labute approximate surface area is 145 Å². The number of carbonyl (C=O) groups excluding carboxylic acids is 1.